The Morgan fingerprint density at radius 2 is 1.68 bits per heavy atom. The van der Waals surface area contributed by atoms with Crippen LogP contribution in [0.2, 0.25) is 0 Å². The number of anilines is 1. The van der Waals surface area contributed by atoms with Crippen molar-refractivity contribution in [3.63, 3.8) is 0 Å². The maximum absolute atomic E-state index is 13.3. The van der Waals surface area contributed by atoms with Crippen LogP contribution in [-0.4, -0.2) is 24.9 Å². The highest BCUT2D eigenvalue weighted by atomic mass is 19.2. The number of hydrogen-bond donors (Lipinski definition) is 1. The summed E-state index contributed by atoms with van der Waals surface area (Å²) in [5.74, 6) is -3.38. The maximum Gasteiger partial charge on any atom is 0.240 e. The molecule has 0 aromatic heterocycles. The smallest absolute Gasteiger partial charge is 0.240 e. The summed E-state index contributed by atoms with van der Waals surface area (Å²) in [7, 11) is 0. The monoisotopic (exact) mass is 350 g/mol. The fourth-order valence-electron chi connectivity index (χ4n) is 2.23. The van der Waals surface area contributed by atoms with Crippen molar-refractivity contribution in [3.05, 3.63) is 65.5 Å². The lowest BCUT2D eigenvalue weighted by Crippen LogP contribution is -2.40. The van der Waals surface area contributed by atoms with Crippen LogP contribution in [-0.2, 0) is 16.0 Å². The van der Waals surface area contributed by atoms with Crippen LogP contribution in [0.4, 0.5) is 18.9 Å². The van der Waals surface area contributed by atoms with Crippen molar-refractivity contribution in [2.45, 2.75) is 13.3 Å². The first-order valence-electron chi connectivity index (χ1n) is 7.61. The van der Waals surface area contributed by atoms with Gasteiger partial charge in [-0.2, -0.15) is 0 Å². The molecule has 0 heterocycles. The summed E-state index contributed by atoms with van der Waals surface area (Å²) in [5, 5.41) is 2.63. The van der Waals surface area contributed by atoms with Crippen LogP contribution in [0, 0.1) is 17.5 Å². The zero-order valence-corrected chi connectivity index (χ0v) is 13.6. The van der Waals surface area contributed by atoms with E-state index in [2.05, 4.69) is 5.32 Å². The molecule has 7 heteroatoms. The molecule has 0 aliphatic heterocycles. The Balaban J connectivity index is 1.92. The van der Waals surface area contributed by atoms with Crippen LogP contribution in [0.3, 0.4) is 0 Å². The number of hydrogen-bond acceptors (Lipinski definition) is 2. The second-order valence-corrected chi connectivity index (χ2v) is 5.43. The molecular formula is C18H17F3N2O2. The standard InChI is InChI=1S/C18H17F3N2O2/c1-12(24)23(15-6-7-16(20)17(21)10-15)11-18(25)22-9-8-13-2-4-14(19)5-3-13/h2-7,10H,8-9,11H2,1H3,(H,22,25). The molecule has 2 aromatic carbocycles. The molecule has 0 unspecified atom stereocenters. The van der Waals surface area contributed by atoms with Gasteiger partial charge in [-0.1, -0.05) is 12.1 Å². The maximum atomic E-state index is 13.3. The van der Waals surface area contributed by atoms with Gasteiger partial charge in [0.25, 0.3) is 0 Å². The van der Waals surface area contributed by atoms with Crippen LogP contribution < -0.4 is 10.2 Å². The lowest BCUT2D eigenvalue weighted by molar-refractivity contribution is -0.123. The Morgan fingerprint density at radius 1 is 1.00 bits per heavy atom. The Kier molecular flexibility index (Phi) is 6.16. The van der Waals surface area contributed by atoms with Crippen LogP contribution in [0.1, 0.15) is 12.5 Å². The van der Waals surface area contributed by atoms with E-state index in [0.29, 0.717) is 13.0 Å². The van der Waals surface area contributed by atoms with Gasteiger partial charge in [-0.3, -0.25) is 9.59 Å². The SMILES string of the molecule is CC(=O)N(CC(=O)NCCc1ccc(F)cc1)c1ccc(F)c(F)c1. The summed E-state index contributed by atoms with van der Waals surface area (Å²) in [5.41, 5.74) is 0.950. The van der Waals surface area contributed by atoms with Gasteiger partial charge in [-0.25, -0.2) is 13.2 Å². The topological polar surface area (TPSA) is 49.4 Å². The van der Waals surface area contributed by atoms with Gasteiger partial charge in [0.15, 0.2) is 11.6 Å². The zero-order valence-electron chi connectivity index (χ0n) is 13.6. The van der Waals surface area contributed by atoms with E-state index in [1.165, 1.54) is 25.1 Å². The summed E-state index contributed by atoms with van der Waals surface area (Å²) in [6.45, 7) is 1.21. The molecule has 0 bridgehead atoms. The molecule has 0 fully saturated rings. The highest BCUT2D eigenvalue weighted by Crippen LogP contribution is 2.18. The molecule has 0 aliphatic rings. The number of halogens is 3. The molecular weight excluding hydrogens is 333 g/mol. The molecule has 2 amide bonds. The van der Waals surface area contributed by atoms with Crippen molar-refractivity contribution in [1.29, 1.82) is 0 Å². The van der Waals surface area contributed by atoms with Crippen LogP contribution in [0.25, 0.3) is 0 Å². The first-order chi connectivity index (χ1) is 11.9. The van der Waals surface area contributed by atoms with Gasteiger partial charge < -0.3 is 10.2 Å². The molecule has 0 saturated carbocycles. The van der Waals surface area contributed by atoms with E-state index >= 15 is 0 Å². The number of rotatable bonds is 6. The molecule has 0 radical (unpaired) electrons. The number of carbonyl (C=O) groups excluding carboxylic acids is 2. The van der Waals surface area contributed by atoms with Crippen molar-refractivity contribution in [2.24, 2.45) is 0 Å². The van der Waals surface area contributed by atoms with Gasteiger partial charge in [0.1, 0.15) is 12.4 Å². The summed E-state index contributed by atoms with van der Waals surface area (Å²) in [6, 6.07) is 8.88. The van der Waals surface area contributed by atoms with Crippen molar-refractivity contribution < 1.29 is 22.8 Å². The molecule has 0 spiro atoms. The van der Waals surface area contributed by atoms with Gasteiger partial charge in [0.05, 0.1) is 0 Å². The molecule has 4 nitrogen and oxygen atoms in total. The lowest BCUT2D eigenvalue weighted by atomic mass is 10.1. The van der Waals surface area contributed by atoms with Gasteiger partial charge in [-0.15, -0.1) is 0 Å². The summed E-state index contributed by atoms with van der Waals surface area (Å²) >= 11 is 0. The van der Waals surface area contributed by atoms with E-state index < -0.39 is 23.4 Å². The summed E-state index contributed by atoms with van der Waals surface area (Å²) in [6.07, 6.45) is 0.497. The minimum atomic E-state index is -1.10. The number of amides is 2. The van der Waals surface area contributed by atoms with E-state index in [4.69, 9.17) is 0 Å². The largest absolute Gasteiger partial charge is 0.354 e. The van der Waals surface area contributed by atoms with E-state index in [1.54, 1.807) is 12.1 Å². The molecule has 0 saturated heterocycles. The normalized spacial score (nSPS) is 10.4. The first-order valence-corrected chi connectivity index (χ1v) is 7.61. The second kappa shape index (κ2) is 8.32. The first kappa shape index (κ1) is 18.5. The molecule has 2 aromatic rings. The summed E-state index contributed by atoms with van der Waals surface area (Å²) in [4.78, 5) is 24.7. The number of nitrogens with zero attached hydrogens (tertiary/aromatic N) is 1. The summed E-state index contributed by atoms with van der Waals surface area (Å²) < 4.78 is 39.1. The van der Waals surface area contributed by atoms with E-state index in [9.17, 15) is 22.8 Å². The highest BCUT2D eigenvalue weighted by Gasteiger charge is 2.17. The third kappa shape index (κ3) is 5.34. The van der Waals surface area contributed by atoms with Gasteiger partial charge in [0, 0.05) is 25.2 Å². The van der Waals surface area contributed by atoms with Gasteiger partial charge >= 0.3 is 0 Å². The van der Waals surface area contributed by atoms with E-state index in [1.807, 2.05) is 0 Å². The predicted octanol–water partition coefficient (Wildman–Crippen LogP) is 2.82. The minimum Gasteiger partial charge on any atom is -0.354 e. The second-order valence-electron chi connectivity index (χ2n) is 5.43. The van der Waals surface area contributed by atoms with Crippen molar-refractivity contribution >= 4 is 17.5 Å². The molecule has 25 heavy (non-hydrogen) atoms. The Bertz CT molecular complexity index is 763. The van der Waals surface area contributed by atoms with Crippen molar-refractivity contribution in [1.82, 2.24) is 5.32 Å². The lowest BCUT2D eigenvalue weighted by Gasteiger charge is -2.20. The van der Waals surface area contributed by atoms with Crippen LogP contribution in [0.5, 0.6) is 0 Å². The number of nitrogens with one attached hydrogen (secondary N) is 1. The van der Waals surface area contributed by atoms with E-state index in [-0.39, 0.29) is 18.0 Å². The average molecular weight is 350 g/mol. The molecule has 132 valence electrons. The van der Waals surface area contributed by atoms with Gasteiger partial charge in [0.2, 0.25) is 11.8 Å². The Labute approximate surface area is 143 Å². The van der Waals surface area contributed by atoms with Crippen molar-refractivity contribution in [2.75, 3.05) is 18.0 Å². The fraction of sp³-hybridized carbons (Fsp3) is 0.222. The number of carbonyl (C=O) groups is 2. The minimum absolute atomic E-state index is 0.0973. The average Bonchev–Trinajstić information content (AvgIpc) is 2.57. The third-order valence-electron chi connectivity index (χ3n) is 3.55. The Hall–Kier alpha value is -2.83. The van der Waals surface area contributed by atoms with E-state index in [0.717, 1.165) is 22.6 Å². The highest BCUT2D eigenvalue weighted by molar-refractivity contribution is 5.97. The third-order valence-corrected chi connectivity index (χ3v) is 3.55. The quantitative estimate of drug-likeness (QED) is 0.871. The van der Waals surface area contributed by atoms with Crippen LogP contribution >= 0.6 is 0 Å². The van der Waals surface area contributed by atoms with Crippen LogP contribution in [0.15, 0.2) is 42.5 Å². The molecule has 1 N–H and O–H groups in total. The predicted molar refractivity (Wildman–Crippen MR) is 87.5 cm³/mol. The molecule has 2 rings (SSSR count). The Morgan fingerprint density at radius 3 is 2.28 bits per heavy atom. The fourth-order valence-corrected chi connectivity index (χ4v) is 2.23. The van der Waals surface area contributed by atoms with Crippen molar-refractivity contribution in [3.8, 4) is 0 Å². The molecule has 0 aliphatic carbocycles. The number of benzene rings is 2. The molecule has 0 atom stereocenters. The van der Waals surface area contributed by atoms with Gasteiger partial charge in [-0.05, 0) is 36.2 Å². The zero-order chi connectivity index (χ0) is 18.4.